The SMILES string of the molecule is CCC.CCC(C)C(C(CC(=O)N1CCCC1C(OC)C(C)C(=O)NC(Cc1ccccc1)C(=O)NCCCOC(=O)C(C)NC(=O)OC(C)(C)C)OC)N(C)C(=O)CNC(=O)C(C(C)C)N(C)C. The fourth-order valence-electron chi connectivity index (χ4n) is 8.46. The number of hydrogen-bond donors (Lipinski definition) is 4. The number of likely N-dealkylation sites (N-methyl/N-ethyl adjacent to an activating group) is 2. The van der Waals surface area contributed by atoms with E-state index in [0.717, 1.165) is 5.56 Å². The molecule has 4 N–H and O–H groups in total. The maximum absolute atomic E-state index is 14.3. The lowest BCUT2D eigenvalue weighted by molar-refractivity contribution is -0.146. The number of esters is 1. The van der Waals surface area contributed by atoms with Crippen LogP contribution in [0.3, 0.4) is 0 Å². The Labute approximate surface area is 413 Å². The van der Waals surface area contributed by atoms with Crippen molar-refractivity contribution in [3.8, 4) is 0 Å². The molecule has 18 nitrogen and oxygen atoms in total. The number of methoxy groups -OCH3 is 2. The minimum absolute atomic E-state index is 0.0214. The molecule has 0 bridgehead atoms. The monoisotopic (exact) mass is 976 g/mol. The van der Waals surface area contributed by atoms with E-state index >= 15 is 0 Å². The molecule has 18 heteroatoms. The van der Waals surface area contributed by atoms with Gasteiger partial charge in [0.2, 0.25) is 29.5 Å². The molecular weight excluding hydrogens is 887 g/mol. The van der Waals surface area contributed by atoms with Crippen molar-refractivity contribution in [1.82, 2.24) is 36.0 Å². The molecule has 0 saturated carbocycles. The van der Waals surface area contributed by atoms with E-state index in [-0.39, 0.29) is 68.5 Å². The van der Waals surface area contributed by atoms with Crippen molar-refractivity contribution in [2.24, 2.45) is 17.8 Å². The summed E-state index contributed by atoms with van der Waals surface area (Å²) in [6.07, 6.45) is 1.56. The van der Waals surface area contributed by atoms with Crippen LogP contribution >= 0.6 is 0 Å². The number of carbonyl (C=O) groups is 7. The highest BCUT2D eigenvalue weighted by atomic mass is 16.6. The number of hydrogen-bond acceptors (Lipinski definition) is 12. The van der Waals surface area contributed by atoms with Crippen LogP contribution in [0.1, 0.15) is 120 Å². The highest BCUT2D eigenvalue weighted by Crippen LogP contribution is 2.29. The van der Waals surface area contributed by atoms with Gasteiger partial charge in [-0.15, -0.1) is 0 Å². The first kappa shape index (κ1) is 62.2. The number of likely N-dealkylation sites (tertiary alicyclic amines) is 1. The van der Waals surface area contributed by atoms with Crippen LogP contribution in [0.5, 0.6) is 0 Å². The third kappa shape index (κ3) is 21.4. The second kappa shape index (κ2) is 31.4. The molecule has 9 unspecified atom stereocenters. The van der Waals surface area contributed by atoms with Crippen molar-refractivity contribution in [3.05, 3.63) is 35.9 Å². The number of amides is 6. The smallest absolute Gasteiger partial charge is 0.408 e. The molecule has 9 atom stereocenters. The van der Waals surface area contributed by atoms with E-state index in [4.69, 9.17) is 18.9 Å². The normalized spacial score (nSPS) is 17.1. The van der Waals surface area contributed by atoms with Crippen LogP contribution in [0.25, 0.3) is 0 Å². The highest BCUT2D eigenvalue weighted by Gasteiger charge is 2.42. The highest BCUT2D eigenvalue weighted by molar-refractivity contribution is 5.89. The number of nitrogens with zero attached hydrogens (tertiary/aromatic N) is 3. The molecule has 2 rings (SSSR count). The van der Waals surface area contributed by atoms with Gasteiger partial charge in [0, 0.05) is 40.8 Å². The lowest BCUT2D eigenvalue weighted by Crippen LogP contribution is -2.55. The summed E-state index contributed by atoms with van der Waals surface area (Å²) in [5.74, 6) is -3.05. The first-order valence-corrected chi connectivity index (χ1v) is 24.7. The third-order valence-corrected chi connectivity index (χ3v) is 12.0. The zero-order valence-electron chi connectivity index (χ0n) is 44.8. The van der Waals surface area contributed by atoms with Crippen LogP contribution in [0, 0.1) is 17.8 Å². The molecular formula is C51H89N7O11. The number of benzene rings is 1. The molecule has 0 aliphatic carbocycles. The summed E-state index contributed by atoms with van der Waals surface area (Å²) in [7, 11) is 8.35. The standard InChI is InChI=1S/C48H81N7O11.C3H8/c1-15-31(4)41(54(12)39(57)29-50-45(60)40(30(2)3)53(10)11)37(63-13)28-38(56)55-25-19-23-36(55)42(64-14)32(5)43(58)52-35(27-34-21-17-16-18-22-34)44(59)49-24-20-26-65-46(61)33(6)51-47(62)66-48(7,8)9;1-3-2/h16-18,21-22,30-33,35-37,40-42H,15,19-20,23-29H2,1-14H3,(H,49,59)(H,50,60)(H,51,62)(H,52,58);3H2,1-2H3. The van der Waals surface area contributed by atoms with Crippen molar-refractivity contribution < 1.29 is 52.5 Å². The van der Waals surface area contributed by atoms with Gasteiger partial charge in [-0.3, -0.25) is 28.9 Å². The van der Waals surface area contributed by atoms with E-state index in [9.17, 15) is 33.6 Å². The van der Waals surface area contributed by atoms with E-state index < -0.39 is 77.8 Å². The predicted molar refractivity (Wildman–Crippen MR) is 267 cm³/mol. The molecule has 1 heterocycles. The van der Waals surface area contributed by atoms with Gasteiger partial charge < -0.3 is 50.0 Å². The van der Waals surface area contributed by atoms with Crippen molar-refractivity contribution in [1.29, 1.82) is 0 Å². The minimum Gasteiger partial charge on any atom is -0.464 e. The second-order valence-corrected chi connectivity index (χ2v) is 19.7. The van der Waals surface area contributed by atoms with Gasteiger partial charge in [0.05, 0.1) is 55.8 Å². The van der Waals surface area contributed by atoms with Crippen molar-refractivity contribution in [2.75, 3.05) is 61.6 Å². The molecule has 1 saturated heterocycles. The number of alkyl carbamates (subject to hydrolysis) is 1. The van der Waals surface area contributed by atoms with Crippen LogP contribution in [-0.2, 0) is 54.1 Å². The van der Waals surface area contributed by atoms with Gasteiger partial charge in [0.25, 0.3) is 0 Å². The van der Waals surface area contributed by atoms with Gasteiger partial charge in [-0.1, -0.05) is 91.6 Å². The Bertz CT molecular complexity index is 1730. The molecule has 1 aromatic carbocycles. The summed E-state index contributed by atoms with van der Waals surface area (Å²) in [6, 6.07) is 6.04. The van der Waals surface area contributed by atoms with E-state index in [0.29, 0.717) is 25.8 Å². The minimum atomic E-state index is -0.959. The molecule has 6 amide bonds. The van der Waals surface area contributed by atoms with E-state index in [2.05, 4.69) is 35.1 Å². The Morgan fingerprint density at radius 2 is 1.46 bits per heavy atom. The molecule has 0 radical (unpaired) electrons. The molecule has 0 spiro atoms. The molecule has 1 aromatic rings. The topological polar surface area (TPSA) is 214 Å². The molecule has 69 heavy (non-hydrogen) atoms. The average Bonchev–Trinajstić information content (AvgIpc) is 3.76. The van der Waals surface area contributed by atoms with Crippen molar-refractivity contribution >= 4 is 41.6 Å². The molecule has 0 aromatic heterocycles. The fraction of sp³-hybridized carbons (Fsp3) is 0.745. The second-order valence-electron chi connectivity index (χ2n) is 19.7. The van der Waals surface area contributed by atoms with E-state index in [1.807, 2.05) is 77.0 Å². The number of ether oxygens (including phenoxy) is 4. The maximum Gasteiger partial charge on any atom is 0.408 e. The van der Waals surface area contributed by atoms with Gasteiger partial charge in [-0.2, -0.15) is 0 Å². The Morgan fingerprint density at radius 3 is 2.00 bits per heavy atom. The van der Waals surface area contributed by atoms with Crippen LogP contribution in [0.4, 0.5) is 4.79 Å². The van der Waals surface area contributed by atoms with Crippen LogP contribution < -0.4 is 21.3 Å². The van der Waals surface area contributed by atoms with E-state index in [1.54, 1.807) is 44.5 Å². The first-order valence-electron chi connectivity index (χ1n) is 24.7. The summed E-state index contributed by atoms with van der Waals surface area (Å²) >= 11 is 0. The van der Waals surface area contributed by atoms with Gasteiger partial charge >= 0.3 is 12.1 Å². The Balaban J connectivity index is 0.00000772. The fourth-order valence-corrected chi connectivity index (χ4v) is 8.46. The summed E-state index contributed by atoms with van der Waals surface area (Å²) in [5.41, 5.74) is 0.0980. The number of carbonyl (C=O) groups excluding carboxylic acids is 7. The molecule has 1 fully saturated rings. The Kier molecular flexibility index (Phi) is 28.3. The summed E-state index contributed by atoms with van der Waals surface area (Å²) in [6.45, 7) is 20.9. The lowest BCUT2D eigenvalue weighted by atomic mass is 9.90. The van der Waals surface area contributed by atoms with Crippen molar-refractivity contribution in [2.45, 2.75) is 169 Å². The molecule has 394 valence electrons. The van der Waals surface area contributed by atoms with E-state index in [1.165, 1.54) is 27.6 Å². The zero-order chi connectivity index (χ0) is 52.6. The van der Waals surface area contributed by atoms with Gasteiger partial charge in [0.15, 0.2) is 0 Å². The van der Waals surface area contributed by atoms with Crippen LogP contribution in [0.2, 0.25) is 0 Å². The van der Waals surface area contributed by atoms with Crippen LogP contribution in [0.15, 0.2) is 30.3 Å². The summed E-state index contributed by atoms with van der Waals surface area (Å²) < 4.78 is 22.4. The van der Waals surface area contributed by atoms with Gasteiger partial charge in [-0.25, -0.2) is 9.59 Å². The quantitative estimate of drug-likeness (QED) is 0.0734. The number of nitrogens with one attached hydrogen (secondary N) is 4. The van der Waals surface area contributed by atoms with Crippen molar-refractivity contribution in [3.63, 3.8) is 0 Å². The third-order valence-electron chi connectivity index (χ3n) is 12.0. The lowest BCUT2D eigenvalue weighted by Gasteiger charge is -2.39. The zero-order valence-corrected chi connectivity index (χ0v) is 44.8. The first-order chi connectivity index (χ1) is 32.4. The molecule has 1 aliphatic rings. The summed E-state index contributed by atoms with van der Waals surface area (Å²) in [4.78, 5) is 98.2. The Hall–Kier alpha value is -4.81. The summed E-state index contributed by atoms with van der Waals surface area (Å²) in [5, 5.41) is 11.0. The van der Waals surface area contributed by atoms with Gasteiger partial charge in [0.1, 0.15) is 17.7 Å². The largest absolute Gasteiger partial charge is 0.464 e. The molecule has 1 aliphatic heterocycles. The number of rotatable bonds is 26. The Morgan fingerprint density at radius 1 is 0.841 bits per heavy atom. The van der Waals surface area contributed by atoms with Gasteiger partial charge in [-0.05, 0) is 78.5 Å². The predicted octanol–water partition coefficient (Wildman–Crippen LogP) is 4.72. The van der Waals surface area contributed by atoms with Crippen LogP contribution in [-0.4, -0.2) is 166 Å². The average molecular weight is 976 g/mol. The maximum atomic E-state index is 14.3.